The van der Waals surface area contributed by atoms with Crippen LogP contribution in [0.1, 0.15) is 31.0 Å². The molecule has 0 spiro atoms. The lowest BCUT2D eigenvalue weighted by Crippen LogP contribution is -2.51. The molecule has 1 heterocycles. The van der Waals surface area contributed by atoms with Crippen LogP contribution in [-0.4, -0.2) is 42.5 Å². The van der Waals surface area contributed by atoms with Crippen LogP contribution in [0.15, 0.2) is 24.3 Å². The van der Waals surface area contributed by atoms with E-state index in [4.69, 9.17) is 0 Å². The minimum atomic E-state index is -0.116. The summed E-state index contributed by atoms with van der Waals surface area (Å²) in [5, 5.41) is 9.54. The molecule has 2 unspecified atom stereocenters. The molecule has 1 aromatic rings. The van der Waals surface area contributed by atoms with Crippen LogP contribution in [0.5, 0.6) is 0 Å². The molecule has 0 amide bonds. The first-order chi connectivity index (χ1) is 9.15. The van der Waals surface area contributed by atoms with E-state index in [9.17, 15) is 5.26 Å². The number of rotatable bonds is 3. The van der Waals surface area contributed by atoms with E-state index in [1.807, 2.05) is 0 Å². The number of nitrogens with zero attached hydrogens (tertiary/aromatic N) is 3. The first-order valence-corrected chi connectivity index (χ1v) is 7.08. The first kappa shape index (κ1) is 14.0. The van der Waals surface area contributed by atoms with Crippen molar-refractivity contribution in [2.75, 3.05) is 26.7 Å². The van der Waals surface area contributed by atoms with Crippen LogP contribution >= 0.6 is 0 Å². The molecule has 102 valence electrons. The summed E-state index contributed by atoms with van der Waals surface area (Å²) in [6.07, 6.45) is 1.04. The molecule has 1 fully saturated rings. The quantitative estimate of drug-likeness (QED) is 0.833. The second kappa shape index (κ2) is 6.18. The molecular weight excluding hydrogens is 234 g/mol. The molecule has 1 aliphatic rings. The number of hydrogen-bond acceptors (Lipinski definition) is 3. The molecule has 0 saturated carbocycles. The van der Waals surface area contributed by atoms with Gasteiger partial charge in [-0.05, 0) is 31.5 Å². The standard InChI is InChI=1S/C16H23N3/c1-4-14-5-7-15(8-6-14)16(11-17)19-10-9-18(3)12-13(19)2/h5-8,13,16H,4,9-10,12H2,1-3H3. The van der Waals surface area contributed by atoms with Crippen molar-refractivity contribution in [3.63, 3.8) is 0 Å². The van der Waals surface area contributed by atoms with Crippen LogP contribution < -0.4 is 0 Å². The summed E-state index contributed by atoms with van der Waals surface area (Å²) in [4.78, 5) is 4.65. The molecule has 0 aliphatic carbocycles. The maximum absolute atomic E-state index is 9.54. The van der Waals surface area contributed by atoms with Crippen molar-refractivity contribution in [3.8, 4) is 6.07 Å². The SMILES string of the molecule is CCc1ccc(C(C#N)N2CCN(C)CC2C)cc1. The highest BCUT2D eigenvalue weighted by Crippen LogP contribution is 2.25. The van der Waals surface area contributed by atoms with Crippen LogP contribution in [0.2, 0.25) is 0 Å². The second-order valence-corrected chi connectivity index (χ2v) is 5.48. The average Bonchev–Trinajstić information content (AvgIpc) is 2.42. The van der Waals surface area contributed by atoms with E-state index in [2.05, 4.69) is 61.0 Å². The molecular formula is C16H23N3. The highest BCUT2D eigenvalue weighted by Gasteiger charge is 2.28. The van der Waals surface area contributed by atoms with Crippen molar-refractivity contribution in [2.45, 2.75) is 32.4 Å². The Hall–Kier alpha value is -1.37. The van der Waals surface area contributed by atoms with Crippen LogP contribution in [-0.2, 0) is 6.42 Å². The Morgan fingerprint density at radius 1 is 1.32 bits per heavy atom. The normalized spacial score (nSPS) is 22.9. The van der Waals surface area contributed by atoms with E-state index in [-0.39, 0.29) is 6.04 Å². The summed E-state index contributed by atoms with van der Waals surface area (Å²) in [5.41, 5.74) is 2.45. The number of aryl methyl sites for hydroxylation is 1. The molecule has 2 atom stereocenters. The topological polar surface area (TPSA) is 30.3 Å². The summed E-state index contributed by atoms with van der Waals surface area (Å²) in [6, 6.07) is 11.3. The molecule has 1 aliphatic heterocycles. The van der Waals surface area contributed by atoms with Crippen molar-refractivity contribution in [1.29, 1.82) is 5.26 Å². The van der Waals surface area contributed by atoms with Gasteiger partial charge in [-0.3, -0.25) is 4.90 Å². The Kier molecular flexibility index (Phi) is 4.57. The third kappa shape index (κ3) is 3.15. The molecule has 0 bridgehead atoms. The van der Waals surface area contributed by atoms with Gasteiger partial charge < -0.3 is 4.90 Å². The van der Waals surface area contributed by atoms with Gasteiger partial charge in [0.25, 0.3) is 0 Å². The lowest BCUT2D eigenvalue weighted by molar-refractivity contribution is 0.0797. The Balaban J connectivity index is 2.17. The van der Waals surface area contributed by atoms with E-state index in [0.29, 0.717) is 6.04 Å². The highest BCUT2D eigenvalue weighted by molar-refractivity contribution is 5.28. The van der Waals surface area contributed by atoms with E-state index < -0.39 is 0 Å². The summed E-state index contributed by atoms with van der Waals surface area (Å²) in [6.45, 7) is 7.39. The molecule has 19 heavy (non-hydrogen) atoms. The van der Waals surface area contributed by atoms with Crippen molar-refractivity contribution < 1.29 is 0 Å². The van der Waals surface area contributed by atoms with Crippen LogP contribution in [0.3, 0.4) is 0 Å². The zero-order valence-corrected chi connectivity index (χ0v) is 12.1. The predicted molar refractivity (Wildman–Crippen MR) is 77.8 cm³/mol. The molecule has 3 heteroatoms. The Labute approximate surface area is 116 Å². The van der Waals surface area contributed by atoms with Crippen LogP contribution in [0.25, 0.3) is 0 Å². The smallest absolute Gasteiger partial charge is 0.124 e. The van der Waals surface area contributed by atoms with Gasteiger partial charge in [0.2, 0.25) is 0 Å². The summed E-state index contributed by atoms with van der Waals surface area (Å²) in [5.74, 6) is 0. The molecule has 0 radical (unpaired) electrons. The van der Waals surface area contributed by atoms with Crippen LogP contribution in [0.4, 0.5) is 0 Å². The second-order valence-electron chi connectivity index (χ2n) is 5.48. The number of nitriles is 1. The molecule has 0 aromatic heterocycles. The van der Waals surface area contributed by atoms with E-state index in [1.54, 1.807) is 0 Å². The van der Waals surface area contributed by atoms with Gasteiger partial charge in [0.1, 0.15) is 6.04 Å². The van der Waals surface area contributed by atoms with Gasteiger partial charge in [-0.25, -0.2) is 0 Å². The Bertz CT molecular complexity index is 446. The highest BCUT2D eigenvalue weighted by atomic mass is 15.3. The number of likely N-dealkylation sites (N-methyl/N-ethyl adjacent to an activating group) is 1. The minimum absolute atomic E-state index is 0.116. The zero-order valence-electron chi connectivity index (χ0n) is 12.1. The Morgan fingerprint density at radius 2 is 2.00 bits per heavy atom. The van der Waals surface area contributed by atoms with Gasteiger partial charge in [-0.1, -0.05) is 31.2 Å². The first-order valence-electron chi connectivity index (χ1n) is 7.08. The van der Waals surface area contributed by atoms with Gasteiger partial charge in [0, 0.05) is 25.7 Å². The maximum Gasteiger partial charge on any atom is 0.124 e. The van der Waals surface area contributed by atoms with Gasteiger partial charge in [0.15, 0.2) is 0 Å². The zero-order chi connectivity index (χ0) is 13.8. The van der Waals surface area contributed by atoms with E-state index in [1.165, 1.54) is 5.56 Å². The number of hydrogen-bond donors (Lipinski definition) is 0. The van der Waals surface area contributed by atoms with Gasteiger partial charge in [0.05, 0.1) is 6.07 Å². The maximum atomic E-state index is 9.54. The average molecular weight is 257 g/mol. The predicted octanol–water partition coefficient (Wildman–Crippen LogP) is 2.45. The van der Waals surface area contributed by atoms with E-state index in [0.717, 1.165) is 31.6 Å². The van der Waals surface area contributed by atoms with E-state index >= 15 is 0 Å². The molecule has 1 aromatic carbocycles. The minimum Gasteiger partial charge on any atom is -0.304 e. The molecule has 1 saturated heterocycles. The van der Waals surface area contributed by atoms with Crippen molar-refractivity contribution >= 4 is 0 Å². The lowest BCUT2D eigenvalue weighted by Gasteiger charge is -2.40. The van der Waals surface area contributed by atoms with Crippen molar-refractivity contribution in [3.05, 3.63) is 35.4 Å². The summed E-state index contributed by atoms with van der Waals surface area (Å²) in [7, 11) is 2.14. The van der Waals surface area contributed by atoms with Crippen LogP contribution in [0, 0.1) is 11.3 Å². The molecule has 3 nitrogen and oxygen atoms in total. The fourth-order valence-corrected chi connectivity index (χ4v) is 2.81. The third-order valence-electron chi connectivity index (χ3n) is 4.04. The fourth-order valence-electron chi connectivity index (χ4n) is 2.81. The summed E-state index contributed by atoms with van der Waals surface area (Å²) < 4.78 is 0. The number of benzene rings is 1. The molecule has 2 rings (SSSR count). The fraction of sp³-hybridized carbons (Fsp3) is 0.562. The largest absolute Gasteiger partial charge is 0.304 e. The van der Waals surface area contributed by atoms with Crippen molar-refractivity contribution in [1.82, 2.24) is 9.80 Å². The van der Waals surface area contributed by atoms with Gasteiger partial charge >= 0.3 is 0 Å². The third-order valence-corrected chi connectivity index (χ3v) is 4.04. The van der Waals surface area contributed by atoms with Crippen molar-refractivity contribution in [2.24, 2.45) is 0 Å². The Morgan fingerprint density at radius 3 is 2.53 bits per heavy atom. The molecule has 0 N–H and O–H groups in total. The summed E-state index contributed by atoms with van der Waals surface area (Å²) >= 11 is 0. The van der Waals surface area contributed by atoms with Gasteiger partial charge in [-0.2, -0.15) is 5.26 Å². The number of piperazine rings is 1. The lowest BCUT2D eigenvalue weighted by atomic mass is 10.0. The monoisotopic (exact) mass is 257 g/mol. The van der Waals surface area contributed by atoms with Gasteiger partial charge in [-0.15, -0.1) is 0 Å².